The van der Waals surface area contributed by atoms with E-state index in [1.54, 1.807) is 4.90 Å². The fraction of sp³-hybridized carbons (Fsp3) is 0.417. The maximum Gasteiger partial charge on any atom is 0.253 e. The second kappa shape index (κ2) is 5.02. The van der Waals surface area contributed by atoms with E-state index in [1.807, 2.05) is 0 Å². The average Bonchev–Trinajstić information content (AvgIpc) is 2.80. The molecule has 1 atom stereocenters. The number of carbonyl (C=O) groups excluding carboxylic acids is 1. The van der Waals surface area contributed by atoms with Gasteiger partial charge in [0, 0.05) is 31.2 Å². The molecule has 0 bridgehead atoms. The third-order valence-electron chi connectivity index (χ3n) is 3.00. The molecule has 92 valence electrons. The van der Waals surface area contributed by atoms with Crippen LogP contribution in [-0.4, -0.2) is 35.6 Å². The Hall–Kier alpha value is -1.13. The van der Waals surface area contributed by atoms with Gasteiger partial charge in [-0.3, -0.25) is 4.79 Å². The van der Waals surface area contributed by atoms with Crippen molar-refractivity contribution < 1.29 is 14.3 Å². The van der Waals surface area contributed by atoms with Gasteiger partial charge in [0.25, 0.3) is 5.91 Å². The minimum Gasteiger partial charge on any atom is -0.396 e. The second-order valence-electron chi connectivity index (χ2n) is 4.22. The summed E-state index contributed by atoms with van der Waals surface area (Å²) in [5.41, 5.74) is 0.384. The molecule has 0 aliphatic carbocycles. The highest BCUT2D eigenvalue weighted by molar-refractivity contribution is 6.31. The molecular formula is C12H13ClFNO2. The molecule has 0 radical (unpaired) electrons. The topological polar surface area (TPSA) is 40.5 Å². The molecule has 0 aromatic heterocycles. The minimum atomic E-state index is -0.530. The molecule has 1 amide bonds. The van der Waals surface area contributed by atoms with E-state index in [0.717, 1.165) is 6.42 Å². The molecule has 1 saturated heterocycles. The molecule has 1 aliphatic rings. The molecule has 0 saturated carbocycles. The van der Waals surface area contributed by atoms with Gasteiger partial charge in [-0.15, -0.1) is 0 Å². The molecule has 3 nitrogen and oxygen atoms in total. The van der Waals surface area contributed by atoms with Crippen LogP contribution >= 0.6 is 11.6 Å². The van der Waals surface area contributed by atoms with Crippen LogP contribution in [0.15, 0.2) is 18.2 Å². The zero-order valence-corrected chi connectivity index (χ0v) is 9.95. The van der Waals surface area contributed by atoms with E-state index < -0.39 is 5.82 Å². The van der Waals surface area contributed by atoms with Gasteiger partial charge in [-0.05, 0) is 24.6 Å². The molecule has 1 heterocycles. The van der Waals surface area contributed by atoms with E-state index in [-0.39, 0.29) is 23.5 Å². The quantitative estimate of drug-likeness (QED) is 0.880. The molecule has 1 unspecified atom stereocenters. The number of carbonyl (C=O) groups is 1. The van der Waals surface area contributed by atoms with Crippen LogP contribution in [0, 0.1) is 11.7 Å². The molecular weight excluding hydrogens is 245 g/mol. The Balaban J connectivity index is 2.12. The van der Waals surface area contributed by atoms with Gasteiger partial charge in [0.1, 0.15) is 5.82 Å². The summed E-state index contributed by atoms with van der Waals surface area (Å²) in [5, 5.41) is 8.96. The standard InChI is InChI=1S/C12H13ClFNO2/c13-10-5-9(1-2-11(10)14)12(17)15-4-3-8(6-15)7-16/h1-2,5,8,16H,3-4,6-7H2. The van der Waals surface area contributed by atoms with Crippen molar-refractivity contribution >= 4 is 17.5 Å². The number of aliphatic hydroxyl groups excluding tert-OH is 1. The maximum atomic E-state index is 13.0. The first kappa shape index (κ1) is 12.3. The molecule has 17 heavy (non-hydrogen) atoms. The van der Waals surface area contributed by atoms with E-state index in [1.165, 1.54) is 18.2 Å². The average molecular weight is 258 g/mol. The van der Waals surface area contributed by atoms with Crippen LogP contribution in [-0.2, 0) is 0 Å². The summed E-state index contributed by atoms with van der Waals surface area (Å²) in [6.45, 7) is 1.26. The number of benzene rings is 1. The number of aliphatic hydroxyl groups is 1. The first-order valence-electron chi connectivity index (χ1n) is 5.47. The third-order valence-corrected chi connectivity index (χ3v) is 3.29. The Morgan fingerprint density at radius 1 is 1.59 bits per heavy atom. The highest BCUT2D eigenvalue weighted by Crippen LogP contribution is 2.21. The van der Waals surface area contributed by atoms with E-state index in [4.69, 9.17) is 16.7 Å². The molecule has 0 spiro atoms. The molecule has 1 fully saturated rings. The van der Waals surface area contributed by atoms with E-state index in [9.17, 15) is 9.18 Å². The van der Waals surface area contributed by atoms with Crippen molar-refractivity contribution in [1.82, 2.24) is 4.90 Å². The Bertz CT molecular complexity index is 439. The summed E-state index contributed by atoms with van der Waals surface area (Å²) in [6, 6.07) is 3.95. The van der Waals surface area contributed by atoms with Gasteiger partial charge >= 0.3 is 0 Å². The van der Waals surface area contributed by atoms with Crippen molar-refractivity contribution in [2.45, 2.75) is 6.42 Å². The van der Waals surface area contributed by atoms with Crippen LogP contribution in [0.4, 0.5) is 4.39 Å². The van der Waals surface area contributed by atoms with Crippen molar-refractivity contribution in [3.63, 3.8) is 0 Å². The van der Waals surface area contributed by atoms with Gasteiger partial charge in [0.2, 0.25) is 0 Å². The first-order valence-corrected chi connectivity index (χ1v) is 5.85. The monoisotopic (exact) mass is 257 g/mol. The van der Waals surface area contributed by atoms with Gasteiger partial charge in [0.15, 0.2) is 0 Å². The van der Waals surface area contributed by atoms with E-state index >= 15 is 0 Å². The zero-order valence-electron chi connectivity index (χ0n) is 9.20. The van der Waals surface area contributed by atoms with E-state index in [2.05, 4.69) is 0 Å². The molecule has 1 N–H and O–H groups in total. The Kier molecular flexibility index (Phi) is 3.64. The summed E-state index contributed by atoms with van der Waals surface area (Å²) in [7, 11) is 0. The molecule has 1 aromatic carbocycles. The Morgan fingerprint density at radius 3 is 2.94 bits per heavy atom. The molecule has 2 rings (SSSR count). The van der Waals surface area contributed by atoms with Gasteiger partial charge in [-0.25, -0.2) is 4.39 Å². The van der Waals surface area contributed by atoms with Crippen LogP contribution in [0.1, 0.15) is 16.8 Å². The summed E-state index contributed by atoms with van der Waals surface area (Å²) in [4.78, 5) is 13.7. The number of amides is 1. The van der Waals surface area contributed by atoms with Crippen molar-refractivity contribution in [2.24, 2.45) is 5.92 Å². The number of nitrogens with zero attached hydrogens (tertiary/aromatic N) is 1. The highest BCUT2D eigenvalue weighted by Gasteiger charge is 2.26. The lowest BCUT2D eigenvalue weighted by molar-refractivity contribution is 0.0782. The first-order chi connectivity index (χ1) is 8.11. The number of halogens is 2. The fourth-order valence-corrected chi connectivity index (χ4v) is 2.16. The van der Waals surface area contributed by atoms with Gasteiger partial charge in [-0.1, -0.05) is 11.6 Å². The van der Waals surface area contributed by atoms with Crippen LogP contribution in [0.5, 0.6) is 0 Å². The lowest BCUT2D eigenvalue weighted by atomic mass is 10.1. The summed E-state index contributed by atoms with van der Waals surface area (Å²) < 4.78 is 13.0. The zero-order chi connectivity index (χ0) is 12.4. The Morgan fingerprint density at radius 2 is 2.35 bits per heavy atom. The SMILES string of the molecule is O=C(c1ccc(F)c(Cl)c1)N1CCC(CO)C1. The van der Waals surface area contributed by atoms with Crippen LogP contribution in [0.3, 0.4) is 0 Å². The largest absolute Gasteiger partial charge is 0.396 e. The minimum absolute atomic E-state index is 0.0474. The lowest BCUT2D eigenvalue weighted by Crippen LogP contribution is -2.29. The van der Waals surface area contributed by atoms with Gasteiger partial charge in [0.05, 0.1) is 5.02 Å². The van der Waals surface area contributed by atoms with E-state index in [0.29, 0.717) is 18.7 Å². The number of rotatable bonds is 2. The van der Waals surface area contributed by atoms with Crippen LogP contribution in [0.2, 0.25) is 5.02 Å². The van der Waals surface area contributed by atoms with Crippen molar-refractivity contribution in [2.75, 3.05) is 19.7 Å². The summed E-state index contributed by atoms with van der Waals surface area (Å²) in [5.74, 6) is -0.546. The van der Waals surface area contributed by atoms with Crippen LogP contribution in [0.25, 0.3) is 0 Å². The van der Waals surface area contributed by atoms with Gasteiger partial charge < -0.3 is 10.0 Å². The maximum absolute atomic E-state index is 13.0. The fourth-order valence-electron chi connectivity index (χ4n) is 1.98. The highest BCUT2D eigenvalue weighted by atomic mass is 35.5. The Labute approximate surface area is 104 Å². The smallest absolute Gasteiger partial charge is 0.253 e. The number of hydrogen-bond donors (Lipinski definition) is 1. The number of likely N-dealkylation sites (tertiary alicyclic amines) is 1. The van der Waals surface area contributed by atoms with Gasteiger partial charge in [-0.2, -0.15) is 0 Å². The normalized spacial score (nSPS) is 19.7. The second-order valence-corrected chi connectivity index (χ2v) is 4.62. The van der Waals surface area contributed by atoms with Crippen molar-refractivity contribution in [1.29, 1.82) is 0 Å². The van der Waals surface area contributed by atoms with Crippen LogP contribution < -0.4 is 0 Å². The van der Waals surface area contributed by atoms with Crippen molar-refractivity contribution in [3.8, 4) is 0 Å². The molecule has 1 aromatic rings. The predicted octanol–water partition coefficient (Wildman–Crippen LogP) is 1.93. The molecule has 1 aliphatic heterocycles. The molecule has 5 heteroatoms. The summed E-state index contributed by atoms with van der Waals surface area (Å²) in [6.07, 6.45) is 0.803. The number of hydrogen-bond acceptors (Lipinski definition) is 2. The third kappa shape index (κ3) is 2.58. The van der Waals surface area contributed by atoms with Crippen molar-refractivity contribution in [3.05, 3.63) is 34.6 Å². The lowest BCUT2D eigenvalue weighted by Gasteiger charge is -2.16. The predicted molar refractivity (Wildman–Crippen MR) is 62.5 cm³/mol. The summed E-state index contributed by atoms with van der Waals surface area (Å²) >= 11 is 5.63.